The predicted molar refractivity (Wildman–Crippen MR) is 119 cm³/mol. The zero-order valence-electron chi connectivity index (χ0n) is 16.9. The van der Waals surface area contributed by atoms with Crippen molar-refractivity contribution >= 4 is 27.6 Å². The molecule has 0 aliphatic rings. The van der Waals surface area contributed by atoms with E-state index in [2.05, 4.69) is 21.2 Å². The molecule has 162 valence electrons. The Bertz CT molecular complexity index is 1070. The lowest BCUT2D eigenvalue weighted by atomic mass is 10.1. The fourth-order valence-corrected chi connectivity index (χ4v) is 3.36. The third-order valence-electron chi connectivity index (χ3n) is 4.56. The van der Waals surface area contributed by atoms with Crippen molar-refractivity contribution in [3.8, 4) is 17.2 Å². The van der Waals surface area contributed by atoms with Gasteiger partial charge in [0.05, 0.1) is 25.5 Å². The Balaban J connectivity index is 1.76. The van der Waals surface area contributed by atoms with Gasteiger partial charge in [-0.15, -0.1) is 0 Å². The Labute approximate surface area is 187 Å². The molecule has 0 fully saturated rings. The number of carboxylic acids is 1. The predicted octanol–water partition coefficient (Wildman–Crippen LogP) is 5.49. The van der Waals surface area contributed by atoms with Gasteiger partial charge in [-0.1, -0.05) is 28.1 Å². The summed E-state index contributed by atoms with van der Waals surface area (Å²) in [7, 11) is 3.07. The van der Waals surface area contributed by atoms with Gasteiger partial charge in [-0.2, -0.15) is 0 Å². The van der Waals surface area contributed by atoms with Crippen molar-refractivity contribution in [3.63, 3.8) is 0 Å². The summed E-state index contributed by atoms with van der Waals surface area (Å²) in [5.41, 5.74) is 2.42. The highest BCUT2D eigenvalue weighted by molar-refractivity contribution is 9.10. The van der Waals surface area contributed by atoms with Gasteiger partial charge in [-0.3, -0.25) is 0 Å². The number of carboxylic acid groups (broad SMARTS) is 1. The first-order valence-corrected chi connectivity index (χ1v) is 10.1. The average Bonchev–Trinajstić information content (AvgIpc) is 2.77. The van der Waals surface area contributed by atoms with Gasteiger partial charge < -0.3 is 24.6 Å². The quantitative estimate of drug-likeness (QED) is 0.413. The van der Waals surface area contributed by atoms with E-state index in [1.54, 1.807) is 31.4 Å². The molecule has 8 heteroatoms. The molecule has 3 aromatic carbocycles. The van der Waals surface area contributed by atoms with Crippen LogP contribution in [0, 0.1) is 5.82 Å². The first-order valence-electron chi connectivity index (χ1n) is 9.30. The Morgan fingerprint density at radius 2 is 1.71 bits per heavy atom. The molecule has 3 aromatic rings. The van der Waals surface area contributed by atoms with Gasteiger partial charge in [0.25, 0.3) is 0 Å². The zero-order chi connectivity index (χ0) is 22.4. The largest absolute Gasteiger partial charge is 0.495 e. The van der Waals surface area contributed by atoms with Crippen LogP contribution in [0.25, 0.3) is 0 Å². The molecule has 0 radical (unpaired) electrons. The van der Waals surface area contributed by atoms with Gasteiger partial charge in [-0.05, 0) is 53.6 Å². The van der Waals surface area contributed by atoms with E-state index in [0.29, 0.717) is 29.5 Å². The minimum atomic E-state index is -1.02. The minimum absolute atomic E-state index is 0.157. The highest BCUT2D eigenvalue weighted by Gasteiger charge is 2.13. The summed E-state index contributed by atoms with van der Waals surface area (Å²) in [6.45, 7) is 0.647. The van der Waals surface area contributed by atoms with Crippen LogP contribution in [0.2, 0.25) is 0 Å². The lowest BCUT2D eigenvalue weighted by Crippen LogP contribution is -2.05. The molecule has 0 saturated carbocycles. The molecule has 0 aromatic heterocycles. The van der Waals surface area contributed by atoms with E-state index in [-0.39, 0.29) is 18.0 Å². The van der Waals surface area contributed by atoms with Crippen LogP contribution in [0.1, 0.15) is 21.5 Å². The third-order valence-corrected chi connectivity index (χ3v) is 5.29. The van der Waals surface area contributed by atoms with Gasteiger partial charge in [0.2, 0.25) is 0 Å². The van der Waals surface area contributed by atoms with Gasteiger partial charge in [0, 0.05) is 11.0 Å². The number of halogens is 2. The second kappa shape index (κ2) is 10.2. The maximum Gasteiger partial charge on any atom is 0.335 e. The van der Waals surface area contributed by atoms with Gasteiger partial charge in [0.1, 0.15) is 18.2 Å². The van der Waals surface area contributed by atoms with E-state index in [1.165, 1.54) is 31.4 Å². The SMILES string of the molecule is COc1ccc(C(=O)O)cc1NCc1cc(OC)c(OCc2ccc(F)cc2)cc1Br. The van der Waals surface area contributed by atoms with Crippen molar-refractivity contribution in [3.05, 3.63) is 81.6 Å². The number of hydrogen-bond donors (Lipinski definition) is 2. The normalized spacial score (nSPS) is 10.5. The third kappa shape index (κ3) is 5.67. The maximum absolute atomic E-state index is 13.1. The van der Waals surface area contributed by atoms with Crippen LogP contribution < -0.4 is 19.5 Å². The average molecular weight is 490 g/mol. The fraction of sp³-hybridized carbons (Fsp3) is 0.174. The molecule has 0 aliphatic carbocycles. The molecule has 0 atom stereocenters. The molecule has 0 bridgehead atoms. The van der Waals surface area contributed by atoms with Crippen LogP contribution in [0.3, 0.4) is 0 Å². The number of nitrogens with one attached hydrogen (secondary N) is 1. The van der Waals surface area contributed by atoms with Crippen molar-refractivity contribution in [2.45, 2.75) is 13.2 Å². The summed E-state index contributed by atoms with van der Waals surface area (Å²) in [5.74, 6) is 0.288. The Morgan fingerprint density at radius 1 is 1.00 bits per heavy atom. The molecular formula is C23H21BrFNO5. The van der Waals surface area contributed by atoms with Crippen molar-refractivity contribution < 1.29 is 28.5 Å². The number of anilines is 1. The number of rotatable bonds is 9. The standard InChI is InChI=1S/C23H21BrFNO5/c1-29-20-8-5-15(23(27)28)9-19(20)26-12-16-10-21(30-2)22(11-18(16)24)31-13-14-3-6-17(25)7-4-14/h3-11,26H,12-13H2,1-2H3,(H,27,28). The van der Waals surface area contributed by atoms with Crippen LogP contribution in [0.15, 0.2) is 59.1 Å². The minimum Gasteiger partial charge on any atom is -0.495 e. The maximum atomic E-state index is 13.1. The van der Waals surface area contributed by atoms with Crippen LogP contribution >= 0.6 is 15.9 Å². The van der Waals surface area contributed by atoms with Crippen molar-refractivity contribution in [1.29, 1.82) is 0 Å². The molecule has 0 amide bonds. The molecule has 2 N–H and O–H groups in total. The van der Waals surface area contributed by atoms with Gasteiger partial charge in [0.15, 0.2) is 11.5 Å². The summed E-state index contributed by atoms with van der Waals surface area (Å²) in [6, 6.07) is 14.3. The zero-order valence-corrected chi connectivity index (χ0v) is 18.5. The van der Waals surface area contributed by atoms with E-state index in [9.17, 15) is 14.3 Å². The Hall–Kier alpha value is -3.26. The smallest absolute Gasteiger partial charge is 0.335 e. The monoisotopic (exact) mass is 489 g/mol. The van der Waals surface area contributed by atoms with Crippen molar-refractivity contribution in [1.82, 2.24) is 0 Å². The fourth-order valence-electron chi connectivity index (χ4n) is 2.90. The molecule has 31 heavy (non-hydrogen) atoms. The highest BCUT2D eigenvalue weighted by atomic mass is 79.9. The molecule has 6 nitrogen and oxygen atoms in total. The second-order valence-corrected chi connectivity index (χ2v) is 7.44. The summed E-state index contributed by atoms with van der Waals surface area (Å²) in [4.78, 5) is 11.3. The molecule has 0 spiro atoms. The molecule has 0 heterocycles. The van der Waals surface area contributed by atoms with E-state index in [4.69, 9.17) is 14.2 Å². The van der Waals surface area contributed by atoms with Crippen molar-refractivity contribution in [2.75, 3.05) is 19.5 Å². The van der Waals surface area contributed by atoms with E-state index >= 15 is 0 Å². The number of hydrogen-bond acceptors (Lipinski definition) is 5. The van der Waals surface area contributed by atoms with Gasteiger partial charge in [-0.25, -0.2) is 9.18 Å². The summed E-state index contributed by atoms with van der Waals surface area (Å²) in [6.07, 6.45) is 0. The van der Waals surface area contributed by atoms with Gasteiger partial charge >= 0.3 is 5.97 Å². The topological polar surface area (TPSA) is 77.0 Å². The number of benzene rings is 3. The van der Waals surface area contributed by atoms with E-state index in [0.717, 1.165) is 15.6 Å². The van der Waals surface area contributed by atoms with Crippen LogP contribution in [-0.2, 0) is 13.2 Å². The molecule has 0 saturated heterocycles. The van der Waals surface area contributed by atoms with Crippen LogP contribution in [0.5, 0.6) is 17.2 Å². The number of methoxy groups -OCH3 is 2. The molecular weight excluding hydrogens is 469 g/mol. The lowest BCUT2D eigenvalue weighted by molar-refractivity contribution is 0.0697. The number of carbonyl (C=O) groups is 1. The second-order valence-electron chi connectivity index (χ2n) is 6.58. The first-order chi connectivity index (χ1) is 14.9. The molecule has 0 aliphatic heterocycles. The molecule has 0 unspecified atom stereocenters. The number of aromatic carboxylic acids is 1. The van der Waals surface area contributed by atoms with E-state index < -0.39 is 5.97 Å². The summed E-state index contributed by atoms with van der Waals surface area (Å²) >= 11 is 3.54. The van der Waals surface area contributed by atoms with Crippen LogP contribution in [0.4, 0.5) is 10.1 Å². The lowest BCUT2D eigenvalue weighted by Gasteiger charge is -2.16. The Kier molecular flexibility index (Phi) is 7.36. The van der Waals surface area contributed by atoms with Crippen molar-refractivity contribution in [2.24, 2.45) is 0 Å². The Morgan fingerprint density at radius 3 is 2.35 bits per heavy atom. The first kappa shape index (κ1) is 22.4. The number of ether oxygens (including phenoxy) is 3. The van der Waals surface area contributed by atoms with E-state index in [1.807, 2.05) is 6.07 Å². The highest BCUT2D eigenvalue weighted by Crippen LogP contribution is 2.35. The molecule has 3 rings (SSSR count). The van der Waals surface area contributed by atoms with Crippen LogP contribution in [-0.4, -0.2) is 25.3 Å². The summed E-state index contributed by atoms with van der Waals surface area (Å²) < 4.78 is 30.5. The summed E-state index contributed by atoms with van der Waals surface area (Å²) in [5, 5.41) is 12.4.